The van der Waals surface area contributed by atoms with E-state index in [0.29, 0.717) is 12.3 Å². The maximum absolute atomic E-state index is 9.55. The summed E-state index contributed by atoms with van der Waals surface area (Å²) < 4.78 is 0. The van der Waals surface area contributed by atoms with Crippen LogP contribution in [0.25, 0.3) is 0 Å². The van der Waals surface area contributed by atoms with Crippen LogP contribution in [-0.4, -0.2) is 11.2 Å². The molecule has 1 fully saturated rings. The fourth-order valence-electron chi connectivity index (χ4n) is 2.36. The van der Waals surface area contributed by atoms with Crippen molar-refractivity contribution in [3.8, 4) is 0 Å². The highest BCUT2D eigenvalue weighted by Gasteiger charge is 2.43. The van der Waals surface area contributed by atoms with Crippen LogP contribution in [0.15, 0.2) is 30.3 Å². The molecule has 1 aromatic carbocycles. The van der Waals surface area contributed by atoms with Crippen LogP contribution in [0.3, 0.4) is 0 Å². The number of hydrogen-bond donors (Lipinski definition) is 2. The van der Waals surface area contributed by atoms with E-state index >= 15 is 0 Å². The second kappa shape index (κ2) is 3.95. The van der Waals surface area contributed by atoms with Gasteiger partial charge in [-0.2, -0.15) is 0 Å². The van der Waals surface area contributed by atoms with Crippen molar-refractivity contribution in [2.45, 2.75) is 37.8 Å². The highest BCUT2D eigenvalue weighted by Crippen LogP contribution is 2.46. The topological polar surface area (TPSA) is 46.2 Å². The van der Waals surface area contributed by atoms with E-state index < -0.39 is 0 Å². The number of rotatable bonds is 4. The first-order chi connectivity index (χ1) is 7.13. The summed E-state index contributed by atoms with van der Waals surface area (Å²) in [4.78, 5) is 0. The normalized spacial score (nSPS) is 22.1. The summed E-state index contributed by atoms with van der Waals surface area (Å²) in [6.45, 7) is 1.81. The van der Waals surface area contributed by atoms with E-state index in [4.69, 9.17) is 5.73 Å². The molecule has 1 aromatic rings. The molecule has 1 aliphatic rings. The predicted octanol–water partition coefficient (Wildman–Crippen LogP) is 2.02. The zero-order valence-electron chi connectivity index (χ0n) is 9.19. The van der Waals surface area contributed by atoms with E-state index in [1.807, 2.05) is 25.1 Å². The lowest BCUT2D eigenvalue weighted by Gasteiger charge is -2.31. The lowest BCUT2D eigenvalue weighted by Crippen LogP contribution is -2.41. The minimum atomic E-state index is -0.337. The van der Waals surface area contributed by atoms with E-state index in [1.54, 1.807) is 0 Å². The molecule has 0 aromatic heterocycles. The molecule has 0 spiro atoms. The first kappa shape index (κ1) is 10.7. The van der Waals surface area contributed by atoms with Crippen LogP contribution in [0.2, 0.25) is 0 Å². The van der Waals surface area contributed by atoms with Gasteiger partial charge in [0.15, 0.2) is 0 Å². The van der Waals surface area contributed by atoms with Crippen LogP contribution in [-0.2, 0) is 5.54 Å². The highest BCUT2D eigenvalue weighted by molar-refractivity contribution is 5.26. The van der Waals surface area contributed by atoms with Crippen LogP contribution in [0.1, 0.15) is 31.7 Å². The van der Waals surface area contributed by atoms with Gasteiger partial charge in [0, 0.05) is 5.54 Å². The smallest absolute Gasteiger partial charge is 0.0533 e. The van der Waals surface area contributed by atoms with Gasteiger partial charge in [-0.3, -0.25) is 0 Å². The minimum absolute atomic E-state index is 0.324. The summed E-state index contributed by atoms with van der Waals surface area (Å²) in [6.07, 6.45) is 2.70. The molecule has 0 heterocycles. The van der Waals surface area contributed by atoms with Crippen molar-refractivity contribution >= 4 is 0 Å². The van der Waals surface area contributed by atoms with Gasteiger partial charge < -0.3 is 10.8 Å². The largest absolute Gasteiger partial charge is 0.393 e. The zero-order chi connectivity index (χ0) is 10.9. The Hall–Kier alpha value is -0.860. The Morgan fingerprint density at radius 2 is 2.00 bits per heavy atom. The van der Waals surface area contributed by atoms with Crippen LogP contribution in [0.4, 0.5) is 0 Å². The molecule has 3 N–H and O–H groups in total. The average molecular weight is 205 g/mol. The summed E-state index contributed by atoms with van der Waals surface area (Å²) in [6, 6.07) is 10.2. The third kappa shape index (κ3) is 2.21. The molecule has 0 amide bonds. The Kier molecular flexibility index (Phi) is 2.81. The molecule has 82 valence electrons. The van der Waals surface area contributed by atoms with Gasteiger partial charge in [-0.15, -0.1) is 0 Å². The maximum Gasteiger partial charge on any atom is 0.0533 e. The molecule has 2 nitrogen and oxygen atoms in total. The second-order valence-electron chi connectivity index (χ2n) is 4.73. The third-order valence-electron chi connectivity index (χ3n) is 3.25. The van der Waals surface area contributed by atoms with Crippen molar-refractivity contribution in [3.05, 3.63) is 35.9 Å². The van der Waals surface area contributed by atoms with Crippen LogP contribution < -0.4 is 5.73 Å². The molecule has 15 heavy (non-hydrogen) atoms. The van der Waals surface area contributed by atoms with Gasteiger partial charge in [0.05, 0.1) is 6.10 Å². The number of aliphatic hydroxyl groups is 1. The van der Waals surface area contributed by atoms with Gasteiger partial charge in [-0.25, -0.2) is 0 Å². The van der Waals surface area contributed by atoms with E-state index in [2.05, 4.69) is 12.1 Å². The van der Waals surface area contributed by atoms with E-state index in [0.717, 1.165) is 5.56 Å². The summed E-state index contributed by atoms with van der Waals surface area (Å²) in [5.74, 6) is 0.550. The van der Waals surface area contributed by atoms with E-state index in [-0.39, 0.29) is 11.6 Å². The Morgan fingerprint density at radius 3 is 2.47 bits per heavy atom. The molecule has 0 aliphatic heterocycles. The zero-order valence-corrected chi connectivity index (χ0v) is 9.19. The lowest BCUT2D eigenvalue weighted by molar-refractivity contribution is 0.139. The molecule has 0 radical (unpaired) electrons. The summed E-state index contributed by atoms with van der Waals surface area (Å²) >= 11 is 0. The summed E-state index contributed by atoms with van der Waals surface area (Å²) in [5.41, 5.74) is 7.30. The Balaban J connectivity index is 2.26. The van der Waals surface area contributed by atoms with Gasteiger partial charge in [0.25, 0.3) is 0 Å². The Bertz CT molecular complexity index is 319. The SMILES string of the molecule is CC(O)CC(N)(c1ccccc1)C1CC1. The molecule has 0 bridgehead atoms. The second-order valence-corrected chi connectivity index (χ2v) is 4.73. The van der Waals surface area contributed by atoms with E-state index in [9.17, 15) is 5.11 Å². The van der Waals surface area contributed by atoms with Crippen LogP contribution in [0.5, 0.6) is 0 Å². The van der Waals surface area contributed by atoms with E-state index in [1.165, 1.54) is 12.8 Å². The molecule has 2 unspecified atom stereocenters. The average Bonchev–Trinajstić information content (AvgIpc) is 3.01. The Morgan fingerprint density at radius 1 is 1.40 bits per heavy atom. The highest BCUT2D eigenvalue weighted by atomic mass is 16.3. The van der Waals surface area contributed by atoms with Crippen molar-refractivity contribution in [1.29, 1.82) is 0 Å². The van der Waals surface area contributed by atoms with Crippen molar-refractivity contribution in [2.24, 2.45) is 11.7 Å². The number of benzene rings is 1. The van der Waals surface area contributed by atoms with Crippen molar-refractivity contribution in [1.82, 2.24) is 0 Å². The van der Waals surface area contributed by atoms with Gasteiger partial charge in [-0.05, 0) is 37.7 Å². The first-order valence-corrected chi connectivity index (χ1v) is 5.65. The molecule has 2 atom stereocenters. The first-order valence-electron chi connectivity index (χ1n) is 5.65. The minimum Gasteiger partial charge on any atom is -0.393 e. The van der Waals surface area contributed by atoms with Crippen LogP contribution in [0, 0.1) is 5.92 Å². The molecule has 1 saturated carbocycles. The quantitative estimate of drug-likeness (QED) is 0.790. The van der Waals surface area contributed by atoms with Gasteiger partial charge in [0.2, 0.25) is 0 Å². The number of aliphatic hydroxyl groups excluding tert-OH is 1. The lowest BCUT2D eigenvalue weighted by atomic mass is 9.81. The fourth-order valence-corrected chi connectivity index (χ4v) is 2.36. The molecule has 2 rings (SSSR count). The number of nitrogens with two attached hydrogens (primary N) is 1. The fraction of sp³-hybridized carbons (Fsp3) is 0.538. The molecule has 1 aliphatic carbocycles. The van der Waals surface area contributed by atoms with Crippen LogP contribution >= 0.6 is 0 Å². The van der Waals surface area contributed by atoms with Crippen molar-refractivity contribution < 1.29 is 5.11 Å². The number of hydrogen-bond acceptors (Lipinski definition) is 2. The molecular weight excluding hydrogens is 186 g/mol. The summed E-state index contributed by atoms with van der Waals surface area (Å²) in [5, 5.41) is 9.55. The van der Waals surface area contributed by atoms with Crippen molar-refractivity contribution in [3.63, 3.8) is 0 Å². The standard InChI is InChI=1S/C13H19NO/c1-10(15)9-13(14,12-7-8-12)11-5-3-2-4-6-11/h2-6,10,12,15H,7-9,14H2,1H3. The molecular formula is C13H19NO. The molecule has 0 saturated heterocycles. The van der Waals surface area contributed by atoms with Gasteiger partial charge in [0.1, 0.15) is 0 Å². The Labute approximate surface area is 91.1 Å². The third-order valence-corrected chi connectivity index (χ3v) is 3.25. The molecule has 2 heteroatoms. The van der Waals surface area contributed by atoms with Gasteiger partial charge >= 0.3 is 0 Å². The predicted molar refractivity (Wildman–Crippen MR) is 61.3 cm³/mol. The maximum atomic E-state index is 9.55. The monoisotopic (exact) mass is 205 g/mol. The summed E-state index contributed by atoms with van der Waals surface area (Å²) in [7, 11) is 0. The van der Waals surface area contributed by atoms with Crippen molar-refractivity contribution in [2.75, 3.05) is 0 Å². The van der Waals surface area contributed by atoms with Gasteiger partial charge in [-0.1, -0.05) is 30.3 Å².